The van der Waals surface area contributed by atoms with E-state index >= 15 is 0 Å². The van der Waals surface area contributed by atoms with Crippen molar-refractivity contribution in [2.24, 2.45) is 0 Å². The van der Waals surface area contributed by atoms with Crippen molar-refractivity contribution in [3.63, 3.8) is 0 Å². The van der Waals surface area contributed by atoms with Gasteiger partial charge in [0.1, 0.15) is 34.3 Å². The van der Waals surface area contributed by atoms with Gasteiger partial charge in [0.25, 0.3) is 0 Å². The summed E-state index contributed by atoms with van der Waals surface area (Å²) in [5, 5.41) is 24.0. The maximum Gasteiger partial charge on any atom is 0.237 e. The second-order valence-corrected chi connectivity index (χ2v) is 8.27. The Morgan fingerprint density at radius 2 is 1.84 bits per heavy atom. The number of rotatable bonds is 5. The van der Waals surface area contributed by atoms with Gasteiger partial charge in [-0.3, -0.25) is 4.79 Å². The highest BCUT2D eigenvalue weighted by atomic mass is 32.2. The largest absolute Gasteiger partial charge is 0.464 e. The molecule has 156 valence electrons. The number of nitrogens with two attached hydrogens (primary N) is 1. The highest BCUT2D eigenvalue weighted by molar-refractivity contribution is 8.00. The molecule has 0 fully saturated rings. The van der Waals surface area contributed by atoms with Crippen molar-refractivity contribution < 1.29 is 9.21 Å². The van der Waals surface area contributed by atoms with Crippen LogP contribution in [0.3, 0.4) is 0 Å². The SMILES string of the molecule is CC(Sc1nc(N)c(C#N)c(-c2ccco2)c1C#N)C(=O)Nc1ccc2ccccc2c1. The number of nitrogens with one attached hydrogen (secondary N) is 1. The Bertz CT molecular complexity index is 1400. The number of thioether (sulfide) groups is 1. The molecule has 1 atom stereocenters. The van der Waals surface area contributed by atoms with Gasteiger partial charge in [0.05, 0.1) is 22.6 Å². The fourth-order valence-electron chi connectivity index (χ4n) is 3.28. The monoisotopic (exact) mass is 439 g/mol. The van der Waals surface area contributed by atoms with Gasteiger partial charge in [-0.15, -0.1) is 0 Å². The van der Waals surface area contributed by atoms with Gasteiger partial charge >= 0.3 is 0 Å². The molecule has 1 unspecified atom stereocenters. The smallest absolute Gasteiger partial charge is 0.237 e. The summed E-state index contributed by atoms with van der Waals surface area (Å²) in [5.41, 5.74) is 7.14. The molecule has 8 heteroatoms. The van der Waals surface area contributed by atoms with Crippen molar-refractivity contribution in [2.75, 3.05) is 11.1 Å². The van der Waals surface area contributed by atoms with Crippen LogP contribution in [0.4, 0.5) is 11.5 Å². The zero-order valence-electron chi connectivity index (χ0n) is 17.0. The molecule has 32 heavy (non-hydrogen) atoms. The Labute approximate surface area is 188 Å². The molecule has 0 bridgehead atoms. The summed E-state index contributed by atoms with van der Waals surface area (Å²) in [6, 6.07) is 20.9. The van der Waals surface area contributed by atoms with E-state index < -0.39 is 5.25 Å². The molecule has 0 aliphatic rings. The first kappa shape index (κ1) is 21.0. The van der Waals surface area contributed by atoms with Crippen molar-refractivity contribution in [3.8, 4) is 23.5 Å². The average Bonchev–Trinajstić information content (AvgIpc) is 3.33. The molecule has 2 aromatic heterocycles. The summed E-state index contributed by atoms with van der Waals surface area (Å²) in [4.78, 5) is 17.1. The summed E-state index contributed by atoms with van der Waals surface area (Å²) >= 11 is 1.09. The predicted octanol–water partition coefficient (Wildman–Crippen LogP) is 4.94. The molecule has 4 aromatic rings. The zero-order chi connectivity index (χ0) is 22.7. The first-order chi connectivity index (χ1) is 15.5. The molecule has 0 aliphatic carbocycles. The molecule has 2 aromatic carbocycles. The number of anilines is 2. The van der Waals surface area contributed by atoms with Crippen LogP contribution in [0.25, 0.3) is 22.1 Å². The first-order valence-electron chi connectivity index (χ1n) is 9.65. The van der Waals surface area contributed by atoms with Gasteiger partial charge in [0.15, 0.2) is 0 Å². The van der Waals surface area contributed by atoms with E-state index in [2.05, 4.69) is 16.4 Å². The number of nitriles is 2. The number of pyridine rings is 1. The molecule has 7 nitrogen and oxygen atoms in total. The van der Waals surface area contributed by atoms with Crippen molar-refractivity contribution in [1.82, 2.24) is 4.98 Å². The van der Waals surface area contributed by atoms with Crippen molar-refractivity contribution in [2.45, 2.75) is 17.2 Å². The summed E-state index contributed by atoms with van der Waals surface area (Å²) < 4.78 is 5.41. The van der Waals surface area contributed by atoms with Crippen LogP contribution in [0.1, 0.15) is 18.1 Å². The summed E-state index contributed by atoms with van der Waals surface area (Å²) in [7, 11) is 0. The Hall–Kier alpha value is -4.27. The van der Waals surface area contributed by atoms with Crippen LogP contribution in [0, 0.1) is 22.7 Å². The van der Waals surface area contributed by atoms with E-state index in [4.69, 9.17) is 10.2 Å². The molecule has 0 radical (unpaired) electrons. The quantitative estimate of drug-likeness (QED) is 0.421. The lowest BCUT2D eigenvalue weighted by Crippen LogP contribution is -2.22. The summed E-state index contributed by atoms with van der Waals surface area (Å²) in [6.45, 7) is 1.71. The lowest BCUT2D eigenvalue weighted by Gasteiger charge is -2.15. The molecule has 2 heterocycles. The van der Waals surface area contributed by atoms with Crippen molar-refractivity contribution >= 4 is 39.9 Å². The minimum Gasteiger partial charge on any atom is -0.464 e. The van der Waals surface area contributed by atoms with Crippen LogP contribution in [-0.2, 0) is 4.79 Å². The maximum atomic E-state index is 12.8. The molecule has 3 N–H and O–H groups in total. The summed E-state index contributed by atoms with van der Waals surface area (Å²) in [5.74, 6) is 0.0586. The van der Waals surface area contributed by atoms with Gasteiger partial charge < -0.3 is 15.5 Å². The number of aromatic nitrogens is 1. The van der Waals surface area contributed by atoms with Gasteiger partial charge in [-0.2, -0.15) is 10.5 Å². The van der Waals surface area contributed by atoms with Crippen molar-refractivity contribution in [3.05, 3.63) is 72.0 Å². The Kier molecular flexibility index (Phi) is 5.80. The number of fused-ring (bicyclic) bond motifs is 1. The second-order valence-electron chi connectivity index (χ2n) is 6.94. The molecule has 4 rings (SSSR count). The number of nitrogens with zero attached hydrogens (tertiary/aromatic N) is 3. The topological polar surface area (TPSA) is 129 Å². The molecular weight excluding hydrogens is 422 g/mol. The van der Waals surface area contributed by atoms with Gasteiger partial charge in [0.2, 0.25) is 5.91 Å². The predicted molar refractivity (Wildman–Crippen MR) is 124 cm³/mol. The third-order valence-electron chi connectivity index (χ3n) is 4.86. The van der Waals surface area contributed by atoms with Crippen LogP contribution in [0.15, 0.2) is 70.3 Å². The number of benzene rings is 2. The fraction of sp³-hybridized carbons (Fsp3) is 0.0833. The minimum absolute atomic E-state index is 0.0254. The van der Waals surface area contributed by atoms with E-state index in [1.54, 1.807) is 19.1 Å². The van der Waals surface area contributed by atoms with E-state index in [1.807, 2.05) is 48.5 Å². The molecular formula is C24H17N5O2S. The zero-order valence-corrected chi connectivity index (χ0v) is 17.8. The minimum atomic E-state index is -0.585. The van der Waals surface area contributed by atoms with E-state index in [9.17, 15) is 15.3 Å². The normalized spacial score (nSPS) is 11.5. The molecule has 0 saturated heterocycles. The third kappa shape index (κ3) is 4.00. The Morgan fingerprint density at radius 3 is 2.53 bits per heavy atom. The fourth-order valence-corrected chi connectivity index (χ4v) is 4.20. The van der Waals surface area contributed by atoms with Gasteiger partial charge in [-0.25, -0.2) is 4.98 Å². The van der Waals surface area contributed by atoms with E-state index in [0.29, 0.717) is 11.4 Å². The Balaban J connectivity index is 1.62. The second kappa shape index (κ2) is 8.84. The average molecular weight is 440 g/mol. The maximum absolute atomic E-state index is 12.8. The number of amides is 1. The number of furan rings is 1. The summed E-state index contributed by atoms with van der Waals surface area (Å²) in [6.07, 6.45) is 1.45. The van der Waals surface area contributed by atoms with Gasteiger partial charge in [-0.05, 0) is 42.0 Å². The number of carbonyl (C=O) groups is 1. The number of nitrogen functional groups attached to an aromatic ring is 1. The lowest BCUT2D eigenvalue weighted by molar-refractivity contribution is -0.115. The molecule has 1 amide bonds. The van der Waals surface area contributed by atoms with Gasteiger partial charge in [-0.1, -0.05) is 42.1 Å². The highest BCUT2D eigenvalue weighted by Gasteiger charge is 2.25. The Morgan fingerprint density at radius 1 is 1.09 bits per heavy atom. The molecule has 0 saturated carbocycles. The highest BCUT2D eigenvalue weighted by Crippen LogP contribution is 2.37. The van der Waals surface area contributed by atoms with E-state index in [-0.39, 0.29) is 33.4 Å². The molecule has 0 spiro atoms. The van der Waals surface area contributed by atoms with Crippen LogP contribution >= 0.6 is 11.8 Å². The van der Waals surface area contributed by atoms with Gasteiger partial charge in [0, 0.05) is 5.69 Å². The standard InChI is InChI=1S/C24H17N5O2S/c1-14(23(30)28-17-9-8-15-5-2-3-6-16(15)11-17)32-24-19(13-26)21(20-7-4-10-31-20)18(12-25)22(27)29-24/h2-11,14H,1H3,(H2,27,29)(H,28,30). The van der Waals surface area contributed by atoms with E-state index in [1.165, 1.54) is 6.26 Å². The third-order valence-corrected chi connectivity index (χ3v) is 5.94. The molecule has 0 aliphatic heterocycles. The van der Waals surface area contributed by atoms with E-state index in [0.717, 1.165) is 22.5 Å². The van der Waals surface area contributed by atoms with Crippen LogP contribution in [0.5, 0.6) is 0 Å². The van der Waals surface area contributed by atoms with Crippen LogP contribution < -0.4 is 11.1 Å². The first-order valence-corrected chi connectivity index (χ1v) is 10.5. The number of carbonyl (C=O) groups excluding carboxylic acids is 1. The lowest BCUT2D eigenvalue weighted by atomic mass is 10.0. The number of hydrogen-bond acceptors (Lipinski definition) is 7. The van der Waals surface area contributed by atoms with Crippen LogP contribution in [-0.4, -0.2) is 16.1 Å². The van der Waals surface area contributed by atoms with Crippen LogP contribution in [0.2, 0.25) is 0 Å². The van der Waals surface area contributed by atoms with Crippen molar-refractivity contribution in [1.29, 1.82) is 10.5 Å². The number of hydrogen-bond donors (Lipinski definition) is 2.